The summed E-state index contributed by atoms with van der Waals surface area (Å²) in [6.07, 6.45) is 4.86. The van der Waals surface area contributed by atoms with Crippen molar-refractivity contribution in [2.75, 3.05) is 11.9 Å². The Kier molecular flexibility index (Phi) is 4.10. The van der Waals surface area contributed by atoms with E-state index in [1.165, 1.54) is 0 Å². The minimum atomic E-state index is -0.480. The molecule has 8 nitrogen and oxygen atoms in total. The van der Waals surface area contributed by atoms with Crippen LogP contribution in [0.15, 0.2) is 36.8 Å². The maximum absolute atomic E-state index is 9.42. The van der Waals surface area contributed by atoms with Crippen LogP contribution in [0.2, 0.25) is 0 Å². The summed E-state index contributed by atoms with van der Waals surface area (Å²) in [6, 6.07) is 5.85. The molecule has 0 bridgehead atoms. The summed E-state index contributed by atoms with van der Waals surface area (Å²) >= 11 is 0. The van der Waals surface area contributed by atoms with E-state index in [4.69, 9.17) is 0 Å². The molecule has 0 aliphatic carbocycles. The lowest BCUT2D eigenvalue weighted by Gasteiger charge is -2.08. The third-order valence-corrected chi connectivity index (χ3v) is 3.96. The lowest BCUT2D eigenvalue weighted by Crippen LogP contribution is -2.16. The summed E-state index contributed by atoms with van der Waals surface area (Å²) in [7, 11) is 0. The summed E-state index contributed by atoms with van der Waals surface area (Å²) in [5.74, 6) is 1.25. The van der Waals surface area contributed by atoms with Crippen molar-refractivity contribution in [2.45, 2.75) is 20.0 Å². The first-order chi connectivity index (χ1) is 12.6. The SMILES string of the molecule is Cc1nc(-c2cnc3[nH]ccc3c2)c(-c2ccnc(NC[C@H](C)O)n2)[nH]1. The van der Waals surface area contributed by atoms with Gasteiger partial charge in [0.2, 0.25) is 5.95 Å². The molecule has 4 aromatic heterocycles. The minimum Gasteiger partial charge on any atom is -0.392 e. The number of fused-ring (bicyclic) bond motifs is 1. The van der Waals surface area contributed by atoms with Gasteiger partial charge in [0, 0.05) is 36.1 Å². The van der Waals surface area contributed by atoms with Gasteiger partial charge in [-0.1, -0.05) is 0 Å². The van der Waals surface area contributed by atoms with Crippen LogP contribution in [0, 0.1) is 6.92 Å². The topological polar surface area (TPSA) is 115 Å². The Labute approximate surface area is 149 Å². The van der Waals surface area contributed by atoms with Crippen LogP contribution < -0.4 is 5.32 Å². The zero-order valence-corrected chi connectivity index (χ0v) is 14.5. The van der Waals surface area contributed by atoms with E-state index in [0.717, 1.165) is 39.5 Å². The lowest BCUT2D eigenvalue weighted by atomic mass is 10.1. The van der Waals surface area contributed by atoms with Crippen LogP contribution in [-0.2, 0) is 0 Å². The van der Waals surface area contributed by atoms with Crippen molar-refractivity contribution in [1.29, 1.82) is 0 Å². The molecule has 4 N–H and O–H groups in total. The van der Waals surface area contributed by atoms with Gasteiger partial charge in [-0.2, -0.15) is 0 Å². The molecule has 0 spiro atoms. The van der Waals surface area contributed by atoms with E-state index < -0.39 is 6.10 Å². The number of aromatic nitrogens is 6. The average Bonchev–Trinajstić information content (AvgIpc) is 3.25. The minimum absolute atomic E-state index is 0.381. The highest BCUT2D eigenvalue weighted by atomic mass is 16.3. The molecule has 0 fully saturated rings. The van der Waals surface area contributed by atoms with Crippen molar-refractivity contribution in [3.8, 4) is 22.6 Å². The van der Waals surface area contributed by atoms with Gasteiger partial charge >= 0.3 is 0 Å². The van der Waals surface area contributed by atoms with Gasteiger partial charge in [0.05, 0.1) is 23.2 Å². The maximum Gasteiger partial charge on any atom is 0.223 e. The average molecular weight is 349 g/mol. The van der Waals surface area contributed by atoms with Gasteiger partial charge < -0.3 is 20.4 Å². The Morgan fingerprint density at radius 3 is 2.96 bits per heavy atom. The van der Waals surface area contributed by atoms with Crippen molar-refractivity contribution in [3.05, 3.63) is 42.6 Å². The van der Waals surface area contributed by atoms with E-state index in [-0.39, 0.29) is 0 Å². The summed E-state index contributed by atoms with van der Waals surface area (Å²) in [4.78, 5) is 24.2. The van der Waals surface area contributed by atoms with Gasteiger partial charge in [0.25, 0.3) is 0 Å². The Hall–Kier alpha value is -3.26. The summed E-state index contributed by atoms with van der Waals surface area (Å²) in [6.45, 7) is 3.99. The van der Waals surface area contributed by atoms with E-state index in [9.17, 15) is 5.11 Å². The normalized spacial score (nSPS) is 12.4. The molecule has 4 rings (SSSR count). The number of hydrogen-bond donors (Lipinski definition) is 4. The first-order valence-electron chi connectivity index (χ1n) is 8.35. The number of aryl methyl sites for hydroxylation is 1. The number of hydrogen-bond acceptors (Lipinski definition) is 6. The highest BCUT2D eigenvalue weighted by Gasteiger charge is 2.15. The van der Waals surface area contributed by atoms with E-state index in [2.05, 4.69) is 35.2 Å². The van der Waals surface area contributed by atoms with Crippen LogP contribution in [0.3, 0.4) is 0 Å². The Bertz CT molecular complexity index is 1050. The summed E-state index contributed by atoms with van der Waals surface area (Å²) in [5, 5.41) is 13.5. The Morgan fingerprint density at radius 1 is 1.23 bits per heavy atom. The molecule has 0 saturated carbocycles. The molecule has 26 heavy (non-hydrogen) atoms. The fraction of sp³-hybridized carbons (Fsp3) is 0.222. The molecule has 4 aromatic rings. The Morgan fingerprint density at radius 2 is 2.12 bits per heavy atom. The number of H-pyrrole nitrogens is 2. The highest BCUT2D eigenvalue weighted by Crippen LogP contribution is 2.30. The van der Waals surface area contributed by atoms with Crippen LogP contribution >= 0.6 is 0 Å². The molecular weight excluding hydrogens is 330 g/mol. The van der Waals surface area contributed by atoms with E-state index in [0.29, 0.717) is 12.5 Å². The quantitative estimate of drug-likeness (QED) is 0.440. The first kappa shape index (κ1) is 16.2. The fourth-order valence-electron chi connectivity index (χ4n) is 2.78. The number of nitrogens with one attached hydrogen (secondary N) is 3. The number of pyridine rings is 1. The van der Waals surface area contributed by atoms with Crippen molar-refractivity contribution >= 4 is 17.0 Å². The summed E-state index contributed by atoms with van der Waals surface area (Å²) < 4.78 is 0. The van der Waals surface area contributed by atoms with E-state index in [1.54, 1.807) is 19.3 Å². The molecule has 132 valence electrons. The zero-order valence-electron chi connectivity index (χ0n) is 14.5. The number of anilines is 1. The molecule has 0 aliphatic heterocycles. The zero-order chi connectivity index (χ0) is 18.1. The highest BCUT2D eigenvalue weighted by molar-refractivity contribution is 5.84. The van der Waals surface area contributed by atoms with E-state index >= 15 is 0 Å². The fourth-order valence-corrected chi connectivity index (χ4v) is 2.78. The van der Waals surface area contributed by atoms with Gasteiger partial charge in [-0.15, -0.1) is 0 Å². The predicted molar refractivity (Wildman–Crippen MR) is 99.6 cm³/mol. The molecule has 0 radical (unpaired) electrons. The molecule has 8 heteroatoms. The van der Waals surface area contributed by atoms with Gasteiger partial charge in [-0.05, 0) is 32.0 Å². The van der Waals surface area contributed by atoms with Gasteiger partial charge in [0.1, 0.15) is 11.5 Å². The molecule has 0 saturated heterocycles. The molecule has 1 atom stereocenters. The first-order valence-corrected chi connectivity index (χ1v) is 8.35. The second-order valence-corrected chi connectivity index (χ2v) is 6.18. The van der Waals surface area contributed by atoms with Crippen molar-refractivity contribution in [1.82, 2.24) is 29.9 Å². The number of aliphatic hydroxyl groups is 1. The number of aromatic amines is 2. The summed E-state index contributed by atoms with van der Waals surface area (Å²) in [5.41, 5.74) is 4.07. The molecule has 0 aliphatic rings. The standard InChI is InChI=1S/C18H19N7O/c1-10(26)8-22-18-20-6-4-14(25-18)16-15(23-11(2)24-16)13-7-12-3-5-19-17(12)21-9-13/h3-7,9-10,26H,8H2,1-2H3,(H,19,21)(H,23,24)(H,20,22,25)/t10-/m0/s1. The maximum atomic E-state index is 9.42. The third kappa shape index (κ3) is 3.14. The molecule has 0 amide bonds. The molecule has 0 unspecified atom stereocenters. The van der Waals surface area contributed by atoms with Gasteiger partial charge in [0.15, 0.2) is 0 Å². The van der Waals surface area contributed by atoms with Crippen LogP contribution in [0.5, 0.6) is 0 Å². The number of rotatable bonds is 5. The molecule has 4 heterocycles. The van der Waals surface area contributed by atoms with Crippen LogP contribution in [-0.4, -0.2) is 47.7 Å². The van der Waals surface area contributed by atoms with Crippen molar-refractivity contribution in [3.63, 3.8) is 0 Å². The second-order valence-electron chi connectivity index (χ2n) is 6.18. The van der Waals surface area contributed by atoms with Gasteiger partial charge in [-0.3, -0.25) is 0 Å². The monoisotopic (exact) mass is 349 g/mol. The van der Waals surface area contributed by atoms with E-state index in [1.807, 2.05) is 31.3 Å². The molecule has 0 aromatic carbocycles. The van der Waals surface area contributed by atoms with Gasteiger partial charge in [-0.25, -0.2) is 19.9 Å². The van der Waals surface area contributed by atoms with Crippen molar-refractivity contribution < 1.29 is 5.11 Å². The molecular formula is C18H19N7O. The third-order valence-electron chi connectivity index (χ3n) is 3.96. The smallest absolute Gasteiger partial charge is 0.223 e. The lowest BCUT2D eigenvalue weighted by molar-refractivity contribution is 0.208. The second kappa shape index (κ2) is 6.57. The Balaban J connectivity index is 1.75. The number of aliphatic hydroxyl groups excluding tert-OH is 1. The number of nitrogens with zero attached hydrogens (tertiary/aromatic N) is 4. The number of imidazole rings is 1. The predicted octanol–water partition coefficient (Wildman–Crippen LogP) is 2.51. The largest absolute Gasteiger partial charge is 0.392 e. The van der Waals surface area contributed by atoms with Crippen molar-refractivity contribution in [2.24, 2.45) is 0 Å². The van der Waals surface area contributed by atoms with Crippen LogP contribution in [0.1, 0.15) is 12.7 Å². The van der Waals surface area contributed by atoms with Crippen LogP contribution in [0.4, 0.5) is 5.95 Å². The van der Waals surface area contributed by atoms with Crippen LogP contribution in [0.25, 0.3) is 33.7 Å².